The molecule has 1 unspecified atom stereocenters. The summed E-state index contributed by atoms with van der Waals surface area (Å²) in [7, 11) is 7.18. The summed E-state index contributed by atoms with van der Waals surface area (Å²) in [5.74, 6) is 4.14. The first kappa shape index (κ1) is 56.5. The predicted molar refractivity (Wildman–Crippen MR) is 315 cm³/mol. The Morgan fingerprint density at radius 2 is 0.632 bits per heavy atom. The van der Waals surface area contributed by atoms with Gasteiger partial charge in [0, 0.05) is 44.1 Å². The number of rotatable bonds is 4. The fourth-order valence-electron chi connectivity index (χ4n) is 11.6. The Bertz CT molecular complexity index is 3170. The van der Waals surface area contributed by atoms with Crippen LogP contribution in [0.4, 0.5) is 0 Å². The average molecular weight is 1030 g/mol. The number of allylic oxidation sites excluding steroid dienone is 2. The normalized spacial score (nSPS) is 17.4. The van der Waals surface area contributed by atoms with Crippen LogP contribution < -0.4 is 23.7 Å². The number of carbonyl (C=O) groups excluding carboxylic acids is 1. The van der Waals surface area contributed by atoms with Crippen LogP contribution in [0, 0.1) is 5.41 Å². The van der Waals surface area contributed by atoms with Crippen molar-refractivity contribution in [3.63, 3.8) is 0 Å². The molecule has 406 valence electrons. The Hall–Kier alpha value is -5.75. The molecule has 0 aromatic heterocycles. The van der Waals surface area contributed by atoms with E-state index in [-0.39, 0.29) is 38.3 Å². The van der Waals surface area contributed by atoms with Crippen LogP contribution in [0.5, 0.6) is 28.7 Å². The number of ether oxygens (including phenoxy) is 5. The van der Waals surface area contributed by atoms with Gasteiger partial charge in [0.1, 0.15) is 28.7 Å². The number of Topliss-reactive ketones (excluding diaryl/α,β-unsaturated/α-hetero) is 1. The second-order valence-electron chi connectivity index (χ2n) is 28.6. The lowest BCUT2D eigenvalue weighted by atomic mass is 9.73. The monoisotopic (exact) mass is 1030 g/mol. The number of hydrogen-bond donors (Lipinski definition) is 0. The molecule has 0 amide bonds. The molecule has 2 heterocycles. The second kappa shape index (κ2) is 19.6. The third kappa shape index (κ3) is 11.0. The highest BCUT2D eigenvalue weighted by molar-refractivity contribution is 6.06. The molecule has 76 heavy (non-hydrogen) atoms. The number of methoxy groups -OCH3 is 4. The first-order valence-corrected chi connectivity index (χ1v) is 27.7. The van der Waals surface area contributed by atoms with Gasteiger partial charge in [-0.15, -0.1) is 0 Å². The van der Waals surface area contributed by atoms with E-state index >= 15 is 4.79 Å². The molecule has 1 atom stereocenters. The average Bonchev–Trinajstić information content (AvgIpc) is 3.67. The lowest BCUT2D eigenvalue weighted by Crippen LogP contribution is -2.45. The molecule has 2 aliphatic heterocycles. The highest BCUT2D eigenvalue weighted by Gasteiger charge is 2.50. The summed E-state index contributed by atoms with van der Waals surface area (Å²) in [5, 5.41) is 0. The molecular formula is C70H90O6. The topological polar surface area (TPSA) is 63.2 Å². The maximum absolute atomic E-state index is 15.9. The molecule has 6 nitrogen and oxygen atoms in total. The number of benzene rings is 5. The Kier molecular flexibility index (Phi) is 14.6. The van der Waals surface area contributed by atoms with Crippen molar-refractivity contribution < 1.29 is 28.5 Å². The van der Waals surface area contributed by atoms with Gasteiger partial charge in [-0.25, -0.2) is 0 Å². The van der Waals surface area contributed by atoms with Gasteiger partial charge in [0.05, 0.1) is 28.4 Å². The summed E-state index contributed by atoms with van der Waals surface area (Å²) in [4.78, 5) is 15.9. The Morgan fingerprint density at radius 1 is 0.368 bits per heavy atom. The van der Waals surface area contributed by atoms with Crippen molar-refractivity contribution in [2.24, 2.45) is 5.41 Å². The standard InChI is InChI=1S/C70H90O6/c1-64(2,3)52-28-41-23-42-29-53(65(4,5)6)31-44(59(42)73-20)25-46-33-55(67(10,11)12)35-48(61(46)75-22)27-50-37-57(69(16,17)18)40-70(63(50)71)39-51-38-56(68(13,14)15)36-49(62(51)76-70)26-47-34-54(66(7,8)9)32-45(60(47)74-21)24-43(30-52)58(41)72-19/h28-38,40H,23-27,39H2,1-22H3. The van der Waals surface area contributed by atoms with Crippen LogP contribution in [0.25, 0.3) is 0 Å². The molecule has 0 saturated carbocycles. The van der Waals surface area contributed by atoms with E-state index in [9.17, 15) is 0 Å². The van der Waals surface area contributed by atoms with E-state index in [0.717, 1.165) is 95.5 Å². The highest BCUT2D eigenvalue weighted by atomic mass is 16.5. The van der Waals surface area contributed by atoms with E-state index in [4.69, 9.17) is 23.7 Å². The predicted octanol–water partition coefficient (Wildman–Crippen LogP) is 16.3. The zero-order valence-electron chi connectivity index (χ0n) is 50.6. The van der Waals surface area contributed by atoms with Gasteiger partial charge in [0.15, 0.2) is 5.60 Å². The van der Waals surface area contributed by atoms with Gasteiger partial charge < -0.3 is 23.7 Å². The van der Waals surface area contributed by atoms with Crippen LogP contribution >= 0.6 is 0 Å². The van der Waals surface area contributed by atoms with E-state index in [1.54, 1.807) is 21.3 Å². The zero-order chi connectivity index (χ0) is 56.0. The molecule has 11 bridgehead atoms. The van der Waals surface area contributed by atoms with Crippen LogP contribution in [-0.4, -0.2) is 39.8 Å². The third-order valence-electron chi connectivity index (χ3n) is 16.3. The van der Waals surface area contributed by atoms with E-state index < -0.39 is 5.60 Å². The van der Waals surface area contributed by atoms with Crippen LogP contribution in [0.2, 0.25) is 0 Å². The quantitative estimate of drug-likeness (QED) is 0.179. The zero-order valence-corrected chi connectivity index (χ0v) is 50.6. The highest BCUT2D eigenvalue weighted by Crippen LogP contribution is 2.50. The third-order valence-corrected chi connectivity index (χ3v) is 16.3. The van der Waals surface area contributed by atoms with Gasteiger partial charge in [-0.05, 0) is 128 Å². The first-order valence-electron chi connectivity index (χ1n) is 27.7. The van der Waals surface area contributed by atoms with Gasteiger partial charge in [0.2, 0.25) is 5.78 Å². The molecule has 8 rings (SSSR count). The van der Waals surface area contributed by atoms with Crippen LogP contribution in [0.3, 0.4) is 0 Å². The number of ketones is 1. The molecule has 5 aromatic rings. The minimum atomic E-state index is -1.24. The van der Waals surface area contributed by atoms with Crippen LogP contribution in [0.1, 0.15) is 208 Å². The summed E-state index contributed by atoms with van der Waals surface area (Å²) < 4.78 is 33.8. The minimum Gasteiger partial charge on any atom is -0.496 e. The van der Waals surface area contributed by atoms with Crippen LogP contribution in [-0.2, 0) is 70.4 Å². The molecule has 0 fully saturated rings. The van der Waals surface area contributed by atoms with Crippen LogP contribution in [0.15, 0.2) is 84.0 Å². The van der Waals surface area contributed by atoms with E-state index in [0.29, 0.717) is 38.5 Å². The smallest absolute Gasteiger partial charge is 0.207 e. The fourth-order valence-corrected chi connectivity index (χ4v) is 11.6. The largest absolute Gasteiger partial charge is 0.496 e. The molecule has 0 N–H and O–H groups in total. The lowest BCUT2D eigenvalue weighted by Gasteiger charge is -2.34. The van der Waals surface area contributed by atoms with Crippen molar-refractivity contribution in [1.29, 1.82) is 0 Å². The second-order valence-corrected chi connectivity index (χ2v) is 28.6. The van der Waals surface area contributed by atoms with Gasteiger partial charge in [-0.1, -0.05) is 191 Å². The van der Waals surface area contributed by atoms with Gasteiger partial charge in [0.25, 0.3) is 0 Å². The van der Waals surface area contributed by atoms with Crippen molar-refractivity contribution in [3.05, 3.63) is 167 Å². The molecule has 3 aliphatic rings. The Morgan fingerprint density at radius 3 is 0.908 bits per heavy atom. The van der Waals surface area contributed by atoms with E-state index in [2.05, 4.69) is 197 Å². The molecule has 0 radical (unpaired) electrons. The molecule has 1 spiro atoms. The van der Waals surface area contributed by atoms with Crippen molar-refractivity contribution in [3.8, 4) is 28.7 Å². The summed E-state index contributed by atoms with van der Waals surface area (Å²) in [6, 6.07) is 23.3. The lowest BCUT2D eigenvalue weighted by molar-refractivity contribution is -0.126. The minimum absolute atomic E-state index is 0.00720. The van der Waals surface area contributed by atoms with E-state index in [1.807, 2.05) is 7.11 Å². The number of fused-ring (bicyclic) bond motifs is 9. The molecule has 1 aliphatic carbocycles. The Labute approximate surface area is 458 Å². The maximum atomic E-state index is 15.9. The maximum Gasteiger partial charge on any atom is 0.207 e. The summed E-state index contributed by atoms with van der Waals surface area (Å²) in [6.45, 7) is 40.8. The van der Waals surface area contributed by atoms with Crippen molar-refractivity contribution in [2.75, 3.05) is 28.4 Å². The first-order chi connectivity index (χ1) is 35.1. The van der Waals surface area contributed by atoms with Crippen molar-refractivity contribution in [1.82, 2.24) is 0 Å². The van der Waals surface area contributed by atoms with Gasteiger partial charge >= 0.3 is 0 Å². The molecule has 6 heteroatoms. The Balaban J connectivity index is 1.49. The summed E-state index contributed by atoms with van der Waals surface area (Å²) >= 11 is 0. The van der Waals surface area contributed by atoms with Crippen molar-refractivity contribution >= 4 is 5.78 Å². The molecule has 0 saturated heterocycles. The summed E-state index contributed by atoms with van der Waals surface area (Å²) in [6.07, 6.45) is 7.38. The van der Waals surface area contributed by atoms with E-state index in [1.165, 1.54) is 27.8 Å². The molecular weight excluding hydrogens is 937 g/mol. The van der Waals surface area contributed by atoms with Gasteiger partial charge in [-0.2, -0.15) is 0 Å². The number of hydrogen-bond acceptors (Lipinski definition) is 6. The molecule has 5 aromatic carbocycles. The van der Waals surface area contributed by atoms with Crippen molar-refractivity contribution in [2.45, 2.75) is 196 Å². The number of carbonyl (C=O) groups is 1. The van der Waals surface area contributed by atoms with Gasteiger partial charge in [-0.3, -0.25) is 4.79 Å². The SMILES string of the molecule is COc1c2cc(C(C)(C)C)cc1Cc1cc(C(C)(C)C)cc(c1OC)Cc1cc(C(C)(C)C)cc(c1OC)Cc1cc(C(C)(C)C)cc(c1OC)Cc1cc(C(C)(C)C)cc3c1OC1(C=C(C(C)(C)C)C=C(C2)C1=O)C3. The summed E-state index contributed by atoms with van der Waals surface area (Å²) in [5.41, 5.74) is 16.1. The fraction of sp³-hybridized carbons (Fsp3) is 0.500.